The quantitative estimate of drug-likeness (QED) is 0.637. The molecule has 2 nitrogen and oxygen atoms in total. The third-order valence-electron chi connectivity index (χ3n) is 2.94. The average Bonchev–Trinajstić information content (AvgIpc) is 2.28. The summed E-state index contributed by atoms with van der Waals surface area (Å²) in [5.41, 5.74) is 1.31. The molecule has 0 amide bonds. The van der Waals surface area contributed by atoms with Gasteiger partial charge in [0.1, 0.15) is 0 Å². The van der Waals surface area contributed by atoms with Crippen molar-refractivity contribution in [3.63, 3.8) is 0 Å². The van der Waals surface area contributed by atoms with Gasteiger partial charge < -0.3 is 9.47 Å². The topological polar surface area (TPSA) is 18.5 Å². The summed E-state index contributed by atoms with van der Waals surface area (Å²) in [6.45, 7) is 9.57. The second-order valence-corrected chi connectivity index (χ2v) is 5.60. The summed E-state index contributed by atoms with van der Waals surface area (Å²) < 4.78 is 11.4. The summed E-state index contributed by atoms with van der Waals surface area (Å²) in [5.74, 6) is 0. The van der Waals surface area contributed by atoms with Crippen molar-refractivity contribution >= 4 is 0 Å². The summed E-state index contributed by atoms with van der Waals surface area (Å²) in [4.78, 5) is 0. The fraction of sp³-hybridized carbons (Fsp3) is 0.733. The molecule has 0 fully saturated rings. The third-order valence-corrected chi connectivity index (χ3v) is 2.94. The summed E-state index contributed by atoms with van der Waals surface area (Å²) in [6.07, 6.45) is 10.5. The molecule has 0 aliphatic carbocycles. The molecule has 0 N–H and O–H groups in total. The molecule has 0 aromatic carbocycles. The Morgan fingerprint density at radius 3 is 2.65 bits per heavy atom. The molecular weight excluding hydrogens is 212 g/mol. The maximum atomic E-state index is 5.83. The Labute approximate surface area is 106 Å². The smallest absolute Gasteiger partial charge is 0.222 e. The SMILES string of the molecule is CCCCCCOC1OC=CC=C1C(C)(C)C. The first kappa shape index (κ1) is 14.3. The van der Waals surface area contributed by atoms with Crippen LogP contribution in [0.2, 0.25) is 0 Å². The van der Waals surface area contributed by atoms with E-state index in [-0.39, 0.29) is 11.7 Å². The van der Waals surface area contributed by atoms with Crippen LogP contribution in [-0.2, 0) is 9.47 Å². The van der Waals surface area contributed by atoms with E-state index in [4.69, 9.17) is 9.47 Å². The zero-order chi connectivity index (χ0) is 12.7. The minimum absolute atomic E-state index is 0.0961. The molecule has 0 radical (unpaired) electrons. The van der Waals surface area contributed by atoms with Crippen molar-refractivity contribution in [2.45, 2.75) is 59.7 Å². The predicted octanol–water partition coefficient (Wildman–Crippen LogP) is 4.43. The summed E-state index contributed by atoms with van der Waals surface area (Å²) in [7, 11) is 0. The van der Waals surface area contributed by atoms with Crippen molar-refractivity contribution < 1.29 is 9.47 Å². The molecule has 1 aliphatic heterocycles. The molecule has 1 rings (SSSR count). The fourth-order valence-electron chi connectivity index (χ4n) is 1.86. The fourth-order valence-corrected chi connectivity index (χ4v) is 1.86. The van der Waals surface area contributed by atoms with Gasteiger partial charge in [-0.05, 0) is 17.9 Å². The van der Waals surface area contributed by atoms with E-state index in [2.05, 4.69) is 33.8 Å². The van der Waals surface area contributed by atoms with E-state index >= 15 is 0 Å². The van der Waals surface area contributed by atoms with Gasteiger partial charge in [-0.3, -0.25) is 0 Å². The molecule has 1 atom stereocenters. The van der Waals surface area contributed by atoms with Gasteiger partial charge in [0.05, 0.1) is 12.9 Å². The number of unbranched alkanes of at least 4 members (excludes halogenated alkanes) is 3. The summed E-state index contributed by atoms with van der Waals surface area (Å²) in [6, 6.07) is 0. The van der Waals surface area contributed by atoms with E-state index in [0.29, 0.717) is 0 Å². The lowest BCUT2D eigenvalue weighted by atomic mass is 9.85. The van der Waals surface area contributed by atoms with Crippen molar-refractivity contribution in [1.82, 2.24) is 0 Å². The highest BCUT2D eigenvalue weighted by atomic mass is 16.7. The Morgan fingerprint density at radius 1 is 1.24 bits per heavy atom. The van der Waals surface area contributed by atoms with E-state index in [1.54, 1.807) is 6.26 Å². The molecule has 0 spiro atoms. The zero-order valence-corrected chi connectivity index (χ0v) is 11.7. The van der Waals surface area contributed by atoms with Gasteiger partial charge >= 0.3 is 0 Å². The molecule has 0 aromatic rings. The van der Waals surface area contributed by atoms with Gasteiger partial charge in [-0.15, -0.1) is 0 Å². The maximum absolute atomic E-state index is 5.83. The molecule has 1 unspecified atom stereocenters. The number of hydrogen-bond acceptors (Lipinski definition) is 2. The molecule has 1 heterocycles. The minimum atomic E-state index is -0.193. The zero-order valence-electron chi connectivity index (χ0n) is 11.7. The first-order valence-electron chi connectivity index (χ1n) is 6.70. The first-order valence-corrected chi connectivity index (χ1v) is 6.70. The van der Waals surface area contributed by atoms with Gasteiger partial charge in [0.2, 0.25) is 6.29 Å². The van der Waals surface area contributed by atoms with Crippen LogP contribution in [0.15, 0.2) is 24.0 Å². The Morgan fingerprint density at radius 2 is 2.00 bits per heavy atom. The summed E-state index contributed by atoms with van der Waals surface area (Å²) in [5, 5.41) is 0. The molecule has 0 bridgehead atoms. The van der Waals surface area contributed by atoms with Gasteiger partial charge in [0, 0.05) is 5.57 Å². The third kappa shape index (κ3) is 4.95. The first-order chi connectivity index (χ1) is 8.05. The van der Waals surface area contributed by atoms with Crippen molar-refractivity contribution in [2.75, 3.05) is 6.61 Å². The Bertz CT molecular complexity index is 271. The molecule has 98 valence electrons. The lowest BCUT2D eigenvalue weighted by Crippen LogP contribution is -2.28. The van der Waals surface area contributed by atoms with Crippen LogP contribution in [0.25, 0.3) is 0 Å². The highest BCUT2D eigenvalue weighted by molar-refractivity contribution is 5.22. The molecular formula is C15H26O2. The monoisotopic (exact) mass is 238 g/mol. The van der Waals surface area contributed by atoms with Crippen LogP contribution in [0.1, 0.15) is 53.4 Å². The molecule has 0 saturated heterocycles. The average molecular weight is 238 g/mol. The van der Waals surface area contributed by atoms with Gasteiger partial charge in [-0.25, -0.2) is 0 Å². The Kier molecular flexibility index (Phi) is 5.76. The largest absolute Gasteiger partial charge is 0.469 e. The molecule has 2 heteroatoms. The van der Waals surface area contributed by atoms with E-state index in [0.717, 1.165) is 13.0 Å². The van der Waals surface area contributed by atoms with Crippen molar-refractivity contribution in [2.24, 2.45) is 5.41 Å². The lowest BCUT2D eigenvalue weighted by molar-refractivity contribution is -0.0917. The number of rotatable bonds is 6. The van der Waals surface area contributed by atoms with Crippen LogP contribution in [0.3, 0.4) is 0 Å². The van der Waals surface area contributed by atoms with Crippen molar-refractivity contribution in [3.8, 4) is 0 Å². The van der Waals surface area contributed by atoms with Gasteiger partial charge in [-0.2, -0.15) is 0 Å². The molecule has 0 aromatic heterocycles. The van der Waals surface area contributed by atoms with Crippen LogP contribution in [0.4, 0.5) is 0 Å². The minimum Gasteiger partial charge on any atom is -0.469 e. The number of hydrogen-bond donors (Lipinski definition) is 0. The van der Waals surface area contributed by atoms with Crippen LogP contribution < -0.4 is 0 Å². The van der Waals surface area contributed by atoms with Gasteiger partial charge in [0.15, 0.2) is 0 Å². The normalized spacial score (nSPS) is 20.0. The predicted molar refractivity (Wildman–Crippen MR) is 71.6 cm³/mol. The van der Waals surface area contributed by atoms with Crippen molar-refractivity contribution in [3.05, 3.63) is 24.0 Å². The molecule has 0 saturated carbocycles. The Balaban J connectivity index is 2.37. The lowest BCUT2D eigenvalue weighted by Gasteiger charge is -2.31. The van der Waals surface area contributed by atoms with E-state index in [9.17, 15) is 0 Å². The van der Waals surface area contributed by atoms with Gasteiger partial charge in [0.25, 0.3) is 0 Å². The summed E-state index contributed by atoms with van der Waals surface area (Å²) >= 11 is 0. The van der Waals surface area contributed by atoms with Crippen molar-refractivity contribution in [1.29, 1.82) is 0 Å². The Hall–Kier alpha value is -0.760. The maximum Gasteiger partial charge on any atom is 0.222 e. The van der Waals surface area contributed by atoms with E-state index in [1.807, 2.05) is 6.08 Å². The van der Waals surface area contributed by atoms with E-state index < -0.39 is 0 Å². The van der Waals surface area contributed by atoms with Crippen LogP contribution >= 0.6 is 0 Å². The van der Waals surface area contributed by atoms with Gasteiger partial charge in [-0.1, -0.05) is 53.0 Å². The molecule has 1 aliphatic rings. The second-order valence-electron chi connectivity index (χ2n) is 5.60. The number of ether oxygens (including phenoxy) is 2. The standard InChI is InChI=1S/C15H26O2/c1-5-6-7-8-11-16-14-13(15(2,3)4)10-9-12-17-14/h9-10,12,14H,5-8,11H2,1-4H3. The van der Waals surface area contributed by atoms with Crippen LogP contribution in [-0.4, -0.2) is 12.9 Å². The van der Waals surface area contributed by atoms with Crippen LogP contribution in [0.5, 0.6) is 0 Å². The van der Waals surface area contributed by atoms with E-state index in [1.165, 1.54) is 24.8 Å². The second kappa shape index (κ2) is 6.85. The van der Waals surface area contributed by atoms with Crippen LogP contribution in [0, 0.1) is 5.41 Å². The highest BCUT2D eigenvalue weighted by Gasteiger charge is 2.27. The highest BCUT2D eigenvalue weighted by Crippen LogP contribution is 2.32. The molecule has 17 heavy (non-hydrogen) atoms. The number of allylic oxidation sites excluding steroid dienone is 2.